The molecule has 0 spiro atoms. The van der Waals surface area contributed by atoms with Gasteiger partial charge in [-0.15, -0.1) is 0 Å². The van der Waals surface area contributed by atoms with Gasteiger partial charge in [0.15, 0.2) is 0 Å². The number of hydrogen-bond acceptors (Lipinski definition) is 2. The Labute approximate surface area is 83.0 Å². The van der Waals surface area contributed by atoms with E-state index < -0.39 is 22.4 Å². The molecule has 80 valence electrons. The predicted molar refractivity (Wildman–Crippen MR) is 48.2 cm³/mol. The van der Waals surface area contributed by atoms with E-state index in [1.165, 1.54) is 6.07 Å². The third-order valence-electron chi connectivity index (χ3n) is 1.75. The van der Waals surface area contributed by atoms with Crippen LogP contribution in [0, 0.1) is 10.1 Å². The molecule has 0 fully saturated rings. The van der Waals surface area contributed by atoms with Gasteiger partial charge in [0.1, 0.15) is 0 Å². The smallest absolute Gasteiger partial charge is 0.258 e. The molecule has 1 aromatic rings. The van der Waals surface area contributed by atoms with Crippen molar-refractivity contribution in [1.82, 2.24) is 0 Å². The van der Waals surface area contributed by atoms with Gasteiger partial charge in [-0.25, -0.2) is 0 Å². The van der Waals surface area contributed by atoms with E-state index in [4.69, 9.17) is 0 Å². The van der Waals surface area contributed by atoms with Crippen LogP contribution in [0.25, 0.3) is 5.57 Å². The van der Waals surface area contributed by atoms with Gasteiger partial charge in [-0.3, -0.25) is 10.1 Å². The van der Waals surface area contributed by atoms with Crippen molar-refractivity contribution in [2.45, 2.75) is 6.18 Å². The molecule has 0 aliphatic rings. The highest BCUT2D eigenvalue weighted by Crippen LogP contribution is 2.33. The molecule has 0 atom stereocenters. The van der Waals surface area contributed by atoms with Gasteiger partial charge in [0.2, 0.25) is 0 Å². The van der Waals surface area contributed by atoms with E-state index in [-0.39, 0.29) is 5.56 Å². The topological polar surface area (TPSA) is 43.1 Å². The monoisotopic (exact) mass is 217 g/mol. The molecule has 6 heteroatoms. The fraction of sp³-hybridized carbons (Fsp3) is 0.111. The highest BCUT2D eigenvalue weighted by atomic mass is 19.4. The van der Waals surface area contributed by atoms with Crippen LogP contribution in [-0.4, -0.2) is 11.1 Å². The molecule has 0 amide bonds. The van der Waals surface area contributed by atoms with Crippen molar-refractivity contribution in [3.05, 3.63) is 46.5 Å². The molecule has 0 bridgehead atoms. The summed E-state index contributed by atoms with van der Waals surface area (Å²) in [7, 11) is 0. The number of nitro groups is 1. The molecule has 1 rings (SSSR count). The number of alkyl halides is 3. The van der Waals surface area contributed by atoms with Gasteiger partial charge in [0.05, 0.1) is 10.5 Å². The molecule has 15 heavy (non-hydrogen) atoms. The fourth-order valence-electron chi connectivity index (χ4n) is 0.971. The number of rotatable bonds is 2. The van der Waals surface area contributed by atoms with E-state index in [1.807, 2.05) is 0 Å². The Balaban J connectivity index is 3.12. The first kappa shape index (κ1) is 11.2. The summed E-state index contributed by atoms with van der Waals surface area (Å²) in [5, 5.41) is 10.3. The maximum absolute atomic E-state index is 12.2. The van der Waals surface area contributed by atoms with E-state index in [2.05, 4.69) is 6.58 Å². The van der Waals surface area contributed by atoms with Crippen molar-refractivity contribution in [3.63, 3.8) is 0 Å². The van der Waals surface area contributed by atoms with Crippen molar-refractivity contribution in [2.24, 2.45) is 0 Å². The number of nitro benzene ring substituents is 1. The fourth-order valence-corrected chi connectivity index (χ4v) is 0.971. The van der Waals surface area contributed by atoms with Crippen LogP contribution < -0.4 is 0 Å². The Kier molecular flexibility index (Phi) is 2.78. The summed E-state index contributed by atoms with van der Waals surface area (Å²) in [6, 6.07) is 4.27. The number of nitrogens with zero attached hydrogens (tertiary/aromatic N) is 1. The van der Waals surface area contributed by atoms with Crippen LogP contribution in [-0.2, 0) is 0 Å². The summed E-state index contributed by atoms with van der Waals surface area (Å²) in [6.07, 6.45) is -4.57. The first-order chi connectivity index (χ1) is 6.82. The molecule has 1 aromatic carbocycles. The van der Waals surface area contributed by atoms with Gasteiger partial charge < -0.3 is 0 Å². The van der Waals surface area contributed by atoms with E-state index in [0.717, 1.165) is 18.2 Å². The second-order valence-corrected chi connectivity index (χ2v) is 2.78. The number of non-ortho nitro benzene ring substituents is 1. The number of benzene rings is 1. The van der Waals surface area contributed by atoms with E-state index in [1.54, 1.807) is 0 Å². The Morgan fingerprint density at radius 3 is 2.47 bits per heavy atom. The average molecular weight is 217 g/mol. The SMILES string of the molecule is C=C(c1cccc([N+](=O)[O-])c1)C(F)(F)F. The Morgan fingerprint density at radius 2 is 2.00 bits per heavy atom. The molecular formula is C9H6F3NO2. The zero-order valence-corrected chi connectivity index (χ0v) is 7.41. The summed E-state index contributed by atoms with van der Waals surface area (Å²) >= 11 is 0. The van der Waals surface area contributed by atoms with Crippen LogP contribution in [0.4, 0.5) is 18.9 Å². The van der Waals surface area contributed by atoms with E-state index in [0.29, 0.717) is 0 Å². The molecule has 3 nitrogen and oxygen atoms in total. The summed E-state index contributed by atoms with van der Waals surface area (Å²) in [5.74, 6) is 0. The lowest BCUT2D eigenvalue weighted by Crippen LogP contribution is -2.09. The average Bonchev–Trinajstić information content (AvgIpc) is 2.15. The summed E-state index contributed by atoms with van der Waals surface area (Å²) in [5.41, 5.74) is -1.78. The second-order valence-electron chi connectivity index (χ2n) is 2.78. The third kappa shape index (κ3) is 2.55. The minimum Gasteiger partial charge on any atom is -0.258 e. The number of halogens is 3. The molecule has 0 heterocycles. The van der Waals surface area contributed by atoms with Crippen molar-refractivity contribution in [3.8, 4) is 0 Å². The van der Waals surface area contributed by atoms with Crippen molar-refractivity contribution in [2.75, 3.05) is 0 Å². The Hall–Kier alpha value is -1.85. The lowest BCUT2D eigenvalue weighted by Gasteiger charge is -2.09. The maximum atomic E-state index is 12.2. The lowest BCUT2D eigenvalue weighted by molar-refractivity contribution is -0.384. The van der Waals surface area contributed by atoms with Gasteiger partial charge in [0.25, 0.3) is 5.69 Å². The highest BCUT2D eigenvalue weighted by Gasteiger charge is 2.33. The van der Waals surface area contributed by atoms with E-state index >= 15 is 0 Å². The molecule has 0 N–H and O–H groups in total. The third-order valence-corrected chi connectivity index (χ3v) is 1.75. The Bertz CT molecular complexity index is 412. The molecule has 0 aromatic heterocycles. The molecule has 0 unspecified atom stereocenters. The largest absolute Gasteiger partial charge is 0.416 e. The summed E-state index contributed by atoms with van der Waals surface area (Å²) in [6.45, 7) is 2.85. The quantitative estimate of drug-likeness (QED) is 0.564. The number of allylic oxidation sites excluding steroid dienone is 1. The Morgan fingerprint density at radius 1 is 1.40 bits per heavy atom. The van der Waals surface area contributed by atoms with Crippen molar-refractivity contribution >= 4 is 11.3 Å². The molecule has 0 aliphatic heterocycles. The van der Waals surface area contributed by atoms with Crippen molar-refractivity contribution in [1.29, 1.82) is 0 Å². The first-order valence-electron chi connectivity index (χ1n) is 3.83. The highest BCUT2D eigenvalue weighted by molar-refractivity contribution is 5.69. The summed E-state index contributed by atoms with van der Waals surface area (Å²) < 4.78 is 36.6. The normalized spacial score (nSPS) is 11.1. The van der Waals surface area contributed by atoms with Gasteiger partial charge in [-0.05, 0) is 5.56 Å². The zero-order valence-electron chi connectivity index (χ0n) is 7.41. The van der Waals surface area contributed by atoms with Crippen LogP contribution in [0.2, 0.25) is 0 Å². The summed E-state index contributed by atoms with van der Waals surface area (Å²) in [4.78, 5) is 9.56. The lowest BCUT2D eigenvalue weighted by atomic mass is 10.1. The first-order valence-corrected chi connectivity index (χ1v) is 3.83. The van der Waals surface area contributed by atoms with Gasteiger partial charge in [-0.2, -0.15) is 13.2 Å². The standard InChI is InChI=1S/C9H6F3NO2/c1-6(9(10,11)12)7-3-2-4-8(5-7)13(14)15/h2-5H,1H2. The van der Waals surface area contributed by atoms with E-state index in [9.17, 15) is 23.3 Å². The zero-order chi connectivity index (χ0) is 11.6. The molecular weight excluding hydrogens is 211 g/mol. The molecule has 0 saturated carbocycles. The molecule has 0 aliphatic carbocycles. The molecule has 0 saturated heterocycles. The number of hydrogen-bond donors (Lipinski definition) is 0. The van der Waals surface area contributed by atoms with Crippen LogP contribution in [0.1, 0.15) is 5.56 Å². The van der Waals surface area contributed by atoms with Gasteiger partial charge in [0, 0.05) is 12.1 Å². The van der Waals surface area contributed by atoms with Crippen LogP contribution in [0.15, 0.2) is 30.8 Å². The van der Waals surface area contributed by atoms with Crippen LogP contribution in [0.3, 0.4) is 0 Å². The minimum atomic E-state index is -4.57. The van der Waals surface area contributed by atoms with Crippen LogP contribution in [0.5, 0.6) is 0 Å². The second kappa shape index (κ2) is 3.72. The maximum Gasteiger partial charge on any atom is 0.416 e. The van der Waals surface area contributed by atoms with Gasteiger partial charge in [-0.1, -0.05) is 18.7 Å². The minimum absolute atomic E-state index is 0.295. The van der Waals surface area contributed by atoms with Gasteiger partial charge >= 0.3 is 6.18 Å². The van der Waals surface area contributed by atoms with Crippen molar-refractivity contribution < 1.29 is 18.1 Å². The van der Waals surface area contributed by atoms with Crippen LogP contribution >= 0.6 is 0 Å². The molecule has 0 radical (unpaired) electrons. The predicted octanol–water partition coefficient (Wildman–Crippen LogP) is 3.17.